The third-order valence-corrected chi connectivity index (χ3v) is 7.84. The van der Waals surface area contributed by atoms with Gasteiger partial charge >= 0.3 is 12.1 Å². The molecule has 0 aliphatic rings. The zero-order valence-electron chi connectivity index (χ0n) is 22.8. The lowest BCUT2D eigenvalue weighted by Crippen LogP contribution is -2.35. The van der Waals surface area contributed by atoms with Crippen LogP contribution in [-0.4, -0.2) is 65.4 Å². The quantitative estimate of drug-likeness (QED) is 0.205. The summed E-state index contributed by atoms with van der Waals surface area (Å²) in [6.45, 7) is 5.26. The van der Waals surface area contributed by atoms with Crippen LogP contribution in [0.25, 0.3) is 16.7 Å². The van der Waals surface area contributed by atoms with Crippen molar-refractivity contribution in [3.63, 3.8) is 0 Å². The summed E-state index contributed by atoms with van der Waals surface area (Å²) in [4.78, 5) is 31.9. The van der Waals surface area contributed by atoms with Crippen LogP contribution in [0.1, 0.15) is 20.8 Å². The fourth-order valence-electron chi connectivity index (χ4n) is 3.93. The third-order valence-electron chi connectivity index (χ3n) is 5.65. The van der Waals surface area contributed by atoms with Gasteiger partial charge < -0.3 is 20.5 Å². The van der Waals surface area contributed by atoms with Gasteiger partial charge in [0, 0.05) is 34.7 Å². The van der Waals surface area contributed by atoms with E-state index in [4.69, 9.17) is 27.9 Å². The number of rotatable bonds is 10. The van der Waals surface area contributed by atoms with Gasteiger partial charge in [-0.15, -0.1) is 0 Å². The van der Waals surface area contributed by atoms with Crippen LogP contribution in [0.5, 0.6) is 0 Å². The van der Waals surface area contributed by atoms with Crippen molar-refractivity contribution in [3.8, 4) is 5.82 Å². The van der Waals surface area contributed by atoms with E-state index in [0.717, 1.165) is 4.31 Å². The minimum atomic E-state index is -4.32. The maximum Gasteiger partial charge on any atom is 0.407 e. The Balaban J connectivity index is 1.51. The van der Waals surface area contributed by atoms with E-state index in [2.05, 4.69) is 20.6 Å². The van der Waals surface area contributed by atoms with Crippen molar-refractivity contribution < 1.29 is 27.9 Å². The summed E-state index contributed by atoms with van der Waals surface area (Å²) in [6.07, 6.45) is 4.33. The molecule has 15 heteroatoms. The lowest BCUT2D eigenvalue weighted by molar-refractivity contribution is -0.135. The molecule has 2 aromatic carbocycles. The second-order valence-corrected chi connectivity index (χ2v) is 12.8. The molecule has 4 rings (SSSR count). The lowest BCUT2D eigenvalue weighted by Gasteiger charge is -2.23. The number of sulfonamides is 1. The van der Waals surface area contributed by atoms with Gasteiger partial charge in [0.05, 0.1) is 28.5 Å². The SMILES string of the molecule is CC(C)(C)OC(=O)NCCNc1cnc(-n2ccc3cc(N(CC(=O)O)S(=O)(=O)c4cc(Cl)cc(Cl)c4)ccc32)cn1. The molecule has 0 saturated heterocycles. The normalized spacial score (nSPS) is 11.7. The molecule has 222 valence electrons. The van der Waals surface area contributed by atoms with Crippen molar-refractivity contribution in [1.29, 1.82) is 0 Å². The number of aliphatic carboxylic acids is 1. The van der Waals surface area contributed by atoms with Crippen molar-refractivity contribution >= 4 is 67.7 Å². The van der Waals surface area contributed by atoms with Crippen LogP contribution >= 0.6 is 23.2 Å². The number of hydrogen-bond donors (Lipinski definition) is 3. The van der Waals surface area contributed by atoms with E-state index in [1.807, 2.05) is 0 Å². The average molecular weight is 636 g/mol. The zero-order chi connectivity index (χ0) is 30.7. The van der Waals surface area contributed by atoms with Crippen LogP contribution in [0.3, 0.4) is 0 Å². The van der Waals surface area contributed by atoms with Crippen molar-refractivity contribution in [3.05, 3.63) is 71.1 Å². The van der Waals surface area contributed by atoms with Crippen molar-refractivity contribution in [2.24, 2.45) is 0 Å². The molecule has 1 amide bonds. The largest absolute Gasteiger partial charge is 0.480 e. The van der Waals surface area contributed by atoms with Crippen molar-refractivity contribution in [1.82, 2.24) is 19.9 Å². The molecule has 0 fully saturated rings. The molecule has 0 saturated carbocycles. The number of ether oxygens (including phenoxy) is 1. The number of halogens is 2. The number of carboxylic acids is 1. The molecule has 2 aromatic heterocycles. The molecule has 0 aliphatic carbocycles. The van der Waals surface area contributed by atoms with Gasteiger partial charge in [0.25, 0.3) is 10.0 Å². The molecule has 0 aliphatic heterocycles. The van der Waals surface area contributed by atoms with E-state index in [1.54, 1.807) is 62.1 Å². The summed E-state index contributed by atoms with van der Waals surface area (Å²) in [5.74, 6) is -0.341. The number of aromatic nitrogens is 3. The number of nitrogens with one attached hydrogen (secondary N) is 2. The predicted molar refractivity (Wildman–Crippen MR) is 160 cm³/mol. The van der Waals surface area contributed by atoms with Gasteiger partial charge in [0.2, 0.25) is 0 Å². The van der Waals surface area contributed by atoms with Crippen molar-refractivity contribution in [2.45, 2.75) is 31.3 Å². The van der Waals surface area contributed by atoms with Crippen LogP contribution in [0, 0.1) is 0 Å². The number of carbonyl (C=O) groups is 2. The molecule has 12 nitrogen and oxygen atoms in total. The highest BCUT2D eigenvalue weighted by Gasteiger charge is 2.28. The summed E-state index contributed by atoms with van der Waals surface area (Å²) in [6, 6.07) is 10.3. The minimum Gasteiger partial charge on any atom is -0.480 e. The van der Waals surface area contributed by atoms with Crippen molar-refractivity contribution in [2.75, 3.05) is 29.3 Å². The molecule has 0 bridgehead atoms. The number of hydrogen-bond acceptors (Lipinski definition) is 8. The highest BCUT2D eigenvalue weighted by molar-refractivity contribution is 7.92. The molecule has 4 aromatic rings. The summed E-state index contributed by atoms with van der Waals surface area (Å²) < 4.78 is 34.6. The molecule has 3 N–H and O–H groups in total. The van der Waals surface area contributed by atoms with Crippen LogP contribution in [0.4, 0.5) is 16.3 Å². The van der Waals surface area contributed by atoms with Crippen LogP contribution in [0.15, 0.2) is 66.0 Å². The Bertz CT molecular complexity index is 1700. The first-order chi connectivity index (χ1) is 19.7. The number of amides is 1. The van der Waals surface area contributed by atoms with E-state index in [0.29, 0.717) is 35.6 Å². The first-order valence-electron chi connectivity index (χ1n) is 12.6. The Morgan fingerprint density at radius 3 is 2.36 bits per heavy atom. The average Bonchev–Trinajstić information content (AvgIpc) is 3.32. The number of carbonyl (C=O) groups excluding carboxylic acids is 1. The van der Waals surface area contributed by atoms with Gasteiger partial charge in [-0.2, -0.15) is 0 Å². The lowest BCUT2D eigenvalue weighted by atomic mass is 10.2. The van der Waals surface area contributed by atoms with Gasteiger partial charge in [-0.3, -0.25) is 13.7 Å². The van der Waals surface area contributed by atoms with E-state index in [1.165, 1.54) is 24.3 Å². The van der Waals surface area contributed by atoms with Crippen LogP contribution in [-0.2, 0) is 19.6 Å². The number of alkyl carbamates (subject to hydrolysis) is 1. The molecular weight excluding hydrogens is 607 g/mol. The fourth-order valence-corrected chi connectivity index (χ4v) is 6.07. The molecule has 0 atom stereocenters. The zero-order valence-corrected chi connectivity index (χ0v) is 25.2. The third kappa shape index (κ3) is 7.60. The molecule has 0 unspecified atom stereocenters. The summed E-state index contributed by atoms with van der Waals surface area (Å²) in [5, 5.41) is 16.0. The Morgan fingerprint density at radius 1 is 1.02 bits per heavy atom. The second-order valence-electron chi connectivity index (χ2n) is 10.1. The standard InChI is InChI=1S/C27H28Cl2N6O6S/c1-27(2,3)41-26(38)31-8-7-30-23-14-33-24(15-32-23)34-9-6-17-10-20(4-5-22(17)34)35(16-25(36)37)42(39,40)21-12-18(28)11-19(29)13-21/h4-6,9-15H,7-8,16H2,1-3H3,(H,30,32)(H,31,38)(H,36,37). The molecule has 2 heterocycles. The Hall–Kier alpha value is -4.07. The van der Waals surface area contributed by atoms with Gasteiger partial charge in [0.1, 0.15) is 18.0 Å². The number of nitrogens with zero attached hydrogens (tertiary/aromatic N) is 4. The monoisotopic (exact) mass is 634 g/mol. The van der Waals surface area contributed by atoms with E-state index < -0.39 is 34.2 Å². The number of anilines is 2. The van der Waals surface area contributed by atoms with Gasteiger partial charge in [0.15, 0.2) is 5.82 Å². The second kappa shape index (κ2) is 12.4. The Labute approximate surface area is 252 Å². The number of carboxylic acid groups (broad SMARTS) is 1. The predicted octanol–water partition coefficient (Wildman–Crippen LogP) is 4.94. The molecule has 42 heavy (non-hydrogen) atoms. The van der Waals surface area contributed by atoms with Gasteiger partial charge in [-0.05, 0) is 63.2 Å². The number of fused-ring (bicyclic) bond motifs is 1. The van der Waals surface area contributed by atoms with Crippen LogP contribution < -0.4 is 14.9 Å². The topological polar surface area (TPSA) is 156 Å². The fraction of sp³-hybridized carbons (Fsp3) is 0.259. The first kappa shape index (κ1) is 30.9. The van der Waals surface area contributed by atoms with E-state index in [9.17, 15) is 23.1 Å². The van der Waals surface area contributed by atoms with Crippen LogP contribution in [0.2, 0.25) is 10.0 Å². The minimum absolute atomic E-state index is 0.101. The summed E-state index contributed by atoms with van der Waals surface area (Å²) in [5.41, 5.74) is 0.253. The molecular formula is C27H28Cl2N6O6S. The highest BCUT2D eigenvalue weighted by atomic mass is 35.5. The Morgan fingerprint density at radius 2 is 1.74 bits per heavy atom. The van der Waals surface area contributed by atoms with Gasteiger partial charge in [-0.1, -0.05) is 23.2 Å². The molecule has 0 radical (unpaired) electrons. The Kier molecular flexibility index (Phi) is 9.14. The van der Waals surface area contributed by atoms with E-state index >= 15 is 0 Å². The summed E-state index contributed by atoms with van der Waals surface area (Å²) in [7, 11) is -4.32. The maximum atomic E-state index is 13.4. The number of benzene rings is 2. The smallest absolute Gasteiger partial charge is 0.407 e. The summed E-state index contributed by atoms with van der Waals surface area (Å²) >= 11 is 12.0. The van der Waals surface area contributed by atoms with Gasteiger partial charge in [-0.25, -0.2) is 23.2 Å². The highest BCUT2D eigenvalue weighted by Crippen LogP contribution is 2.31. The first-order valence-corrected chi connectivity index (χ1v) is 14.8. The maximum absolute atomic E-state index is 13.4. The molecule has 0 spiro atoms. The van der Waals surface area contributed by atoms with E-state index in [-0.39, 0.29) is 20.6 Å².